The maximum absolute atomic E-state index is 13.6. The van der Waals surface area contributed by atoms with Crippen LogP contribution in [0.3, 0.4) is 0 Å². The average Bonchev–Trinajstić information content (AvgIpc) is 3.09. The van der Waals surface area contributed by atoms with Gasteiger partial charge >= 0.3 is 0 Å². The van der Waals surface area contributed by atoms with E-state index in [-0.39, 0.29) is 29.7 Å². The van der Waals surface area contributed by atoms with E-state index < -0.39 is 24.0 Å². The van der Waals surface area contributed by atoms with Gasteiger partial charge in [0, 0.05) is 66.9 Å². The summed E-state index contributed by atoms with van der Waals surface area (Å²) >= 11 is 0. The van der Waals surface area contributed by atoms with Gasteiger partial charge in [0.15, 0.2) is 0 Å². The maximum atomic E-state index is 13.6. The Labute approximate surface area is 286 Å². The lowest BCUT2D eigenvalue weighted by atomic mass is 9.61. The van der Waals surface area contributed by atoms with Gasteiger partial charge in [-0.1, -0.05) is 45.9 Å². The summed E-state index contributed by atoms with van der Waals surface area (Å²) in [6, 6.07) is 6.51. The van der Waals surface area contributed by atoms with Gasteiger partial charge in [-0.25, -0.2) is 0 Å². The monoisotopic (exact) mass is 656 g/mol. The number of benzene rings is 2. The zero-order chi connectivity index (χ0) is 33.7. The zero-order valence-corrected chi connectivity index (χ0v) is 29.5. The van der Waals surface area contributed by atoms with Crippen LogP contribution in [0, 0.1) is 11.8 Å². The first-order valence-electron chi connectivity index (χ1n) is 19.1. The summed E-state index contributed by atoms with van der Waals surface area (Å²) in [5.74, 6) is -0.835. The molecule has 8 heteroatoms. The van der Waals surface area contributed by atoms with Crippen molar-refractivity contribution in [3.05, 3.63) is 51.6 Å². The minimum absolute atomic E-state index is 0.00613. The summed E-state index contributed by atoms with van der Waals surface area (Å²) < 4.78 is 0. The Morgan fingerprint density at radius 1 is 0.729 bits per heavy atom. The first-order chi connectivity index (χ1) is 23.3. The Hall–Kier alpha value is -3.10. The van der Waals surface area contributed by atoms with Crippen LogP contribution in [0.4, 0.5) is 17.1 Å². The first-order valence-corrected chi connectivity index (χ1v) is 19.1. The van der Waals surface area contributed by atoms with Crippen molar-refractivity contribution < 1.29 is 19.8 Å². The predicted octanol–water partition coefficient (Wildman–Crippen LogP) is 6.11. The molecule has 4 aliphatic heterocycles. The number of aliphatic hydroxyl groups excluding tert-OH is 2. The van der Waals surface area contributed by atoms with Crippen LogP contribution in [0.2, 0.25) is 0 Å². The number of carbonyl (C=O) groups is 2. The van der Waals surface area contributed by atoms with Crippen LogP contribution in [0.15, 0.2) is 18.2 Å². The Morgan fingerprint density at radius 3 is 1.96 bits per heavy atom. The molecule has 48 heavy (non-hydrogen) atoms. The largest absolute Gasteiger partial charge is 0.392 e. The van der Waals surface area contributed by atoms with Gasteiger partial charge in [0.05, 0.1) is 18.2 Å². The number of amides is 2. The molecule has 7 rings (SSSR count). The third kappa shape index (κ3) is 5.61. The minimum Gasteiger partial charge on any atom is -0.392 e. The van der Waals surface area contributed by atoms with E-state index in [1.54, 1.807) is 0 Å². The number of hydrogen-bond donors (Lipinski definition) is 4. The SMILES string of the molecule is CCC(CC)C(=O)Nc1c(C2C(O)C(c3cc4c5c(c3)C(NC(=O)C(CC)CC)CCN5CCC4)C2O)cc2c3c1CCCN3CCC2. The molecular formula is C40H56N4O4. The van der Waals surface area contributed by atoms with Crippen molar-refractivity contribution in [1.29, 1.82) is 0 Å². The topological polar surface area (TPSA) is 105 Å². The summed E-state index contributed by atoms with van der Waals surface area (Å²) in [5, 5.41) is 30.9. The van der Waals surface area contributed by atoms with Crippen molar-refractivity contribution >= 4 is 28.9 Å². The highest BCUT2D eigenvalue weighted by Gasteiger charge is 2.52. The van der Waals surface area contributed by atoms with Gasteiger partial charge in [-0.3, -0.25) is 9.59 Å². The number of nitrogens with one attached hydrogen (secondary N) is 2. The second-order valence-electron chi connectivity index (χ2n) is 15.1. The second-order valence-corrected chi connectivity index (χ2v) is 15.1. The molecule has 0 aromatic heterocycles. The van der Waals surface area contributed by atoms with Gasteiger partial charge in [-0.2, -0.15) is 0 Å². The smallest absolute Gasteiger partial charge is 0.227 e. The van der Waals surface area contributed by atoms with Crippen molar-refractivity contribution in [2.24, 2.45) is 11.8 Å². The highest BCUT2D eigenvalue weighted by atomic mass is 16.3. The normalized spacial score (nSPS) is 25.8. The van der Waals surface area contributed by atoms with Crippen molar-refractivity contribution in [2.75, 3.05) is 41.3 Å². The van der Waals surface area contributed by atoms with Crippen LogP contribution in [-0.4, -0.2) is 60.4 Å². The lowest BCUT2D eigenvalue weighted by molar-refractivity contribution is -0.126. The molecule has 0 saturated heterocycles. The predicted molar refractivity (Wildman–Crippen MR) is 192 cm³/mol. The molecule has 0 spiro atoms. The molecule has 1 saturated carbocycles. The number of carbonyl (C=O) groups excluding carboxylic acids is 2. The number of anilines is 3. The lowest BCUT2D eigenvalue weighted by Crippen LogP contribution is -2.52. The van der Waals surface area contributed by atoms with E-state index in [1.807, 2.05) is 0 Å². The molecule has 1 aliphatic carbocycles. The molecular weight excluding hydrogens is 600 g/mol. The standard InChI is InChI=1S/C40H56N4O4/c1-5-23(6-2)39(47)41-31-15-19-44-17-9-12-25-20-27(22-29(31)36(25)44)32-37(45)33(38(32)46)30-21-26-13-10-16-43-18-11-14-28(35(26)43)34(30)42-40(48)24(7-3)8-4/h20-24,31-33,37-38,45-46H,5-19H2,1-4H3,(H,41,47)(H,42,48). The summed E-state index contributed by atoms with van der Waals surface area (Å²) in [4.78, 5) is 31.8. The number of nitrogens with zero attached hydrogens (tertiary/aromatic N) is 2. The number of rotatable bonds is 10. The fourth-order valence-electron chi connectivity index (χ4n) is 9.76. The van der Waals surface area contributed by atoms with Crippen LogP contribution >= 0.6 is 0 Å². The molecule has 4 heterocycles. The Bertz CT molecular complexity index is 1540. The highest BCUT2D eigenvalue weighted by Crippen LogP contribution is 2.54. The molecule has 3 unspecified atom stereocenters. The average molecular weight is 657 g/mol. The number of hydrogen-bond acceptors (Lipinski definition) is 6. The molecule has 4 N–H and O–H groups in total. The van der Waals surface area contributed by atoms with Crippen LogP contribution in [0.1, 0.15) is 130 Å². The van der Waals surface area contributed by atoms with Crippen LogP contribution in [0.25, 0.3) is 0 Å². The molecule has 260 valence electrons. The van der Waals surface area contributed by atoms with E-state index >= 15 is 0 Å². The quantitative estimate of drug-likeness (QED) is 0.246. The van der Waals surface area contributed by atoms with E-state index in [0.29, 0.717) is 0 Å². The number of aryl methyl sites for hydroxylation is 2. The van der Waals surface area contributed by atoms with Crippen molar-refractivity contribution in [3.8, 4) is 0 Å². The van der Waals surface area contributed by atoms with E-state index in [1.165, 1.54) is 28.1 Å². The molecule has 1 fully saturated rings. The molecule has 5 aliphatic rings. The van der Waals surface area contributed by atoms with Crippen LogP contribution in [0.5, 0.6) is 0 Å². The van der Waals surface area contributed by atoms with E-state index in [2.05, 4.69) is 66.3 Å². The summed E-state index contributed by atoms with van der Waals surface area (Å²) in [6.45, 7) is 12.3. The molecule has 3 atom stereocenters. The van der Waals surface area contributed by atoms with E-state index in [9.17, 15) is 19.8 Å². The molecule has 2 amide bonds. The number of aliphatic hydroxyl groups is 2. The van der Waals surface area contributed by atoms with Gasteiger partial charge in [-0.15, -0.1) is 0 Å². The fraction of sp³-hybridized carbons (Fsp3) is 0.650. The van der Waals surface area contributed by atoms with Gasteiger partial charge in [0.2, 0.25) is 11.8 Å². The summed E-state index contributed by atoms with van der Waals surface area (Å²) in [7, 11) is 0. The first kappa shape index (κ1) is 33.4. The minimum atomic E-state index is -0.788. The zero-order valence-electron chi connectivity index (χ0n) is 29.5. The van der Waals surface area contributed by atoms with Crippen molar-refractivity contribution in [3.63, 3.8) is 0 Å². The van der Waals surface area contributed by atoms with Crippen molar-refractivity contribution in [1.82, 2.24) is 5.32 Å². The Balaban J connectivity index is 1.24. The second kappa shape index (κ2) is 13.7. The molecule has 0 radical (unpaired) electrons. The lowest BCUT2D eigenvalue weighted by Gasteiger charge is -2.49. The molecule has 0 bridgehead atoms. The molecule has 2 aromatic carbocycles. The fourth-order valence-corrected chi connectivity index (χ4v) is 9.76. The summed E-state index contributed by atoms with van der Waals surface area (Å²) in [6.07, 6.45) is 8.50. The van der Waals surface area contributed by atoms with E-state index in [0.717, 1.165) is 119 Å². The van der Waals surface area contributed by atoms with Crippen molar-refractivity contribution in [2.45, 2.75) is 128 Å². The van der Waals surface area contributed by atoms with Crippen LogP contribution in [-0.2, 0) is 28.9 Å². The van der Waals surface area contributed by atoms with Gasteiger partial charge < -0.3 is 30.6 Å². The Morgan fingerprint density at radius 2 is 1.31 bits per heavy atom. The van der Waals surface area contributed by atoms with Gasteiger partial charge in [0.1, 0.15) is 0 Å². The highest BCUT2D eigenvalue weighted by molar-refractivity contribution is 5.96. The maximum Gasteiger partial charge on any atom is 0.227 e. The van der Waals surface area contributed by atoms with Gasteiger partial charge in [-0.05, 0) is 104 Å². The molecule has 2 aromatic rings. The Kier molecular flexibility index (Phi) is 9.51. The van der Waals surface area contributed by atoms with E-state index in [4.69, 9.17) is 0 Å². The third-order valence-electron chi connectivity index (χ3n) is 12.5. The molecule has 8 nitrogen and oxygen atoms in total. The third-order valence-corrected chi connectivity index (χ3v) is 12.5. The van der Waals surface area contributed by atoms with Gasteiger partial charge in [0.25, 0.3) is 0 Å². The van der Waals surface area contributed by atoms with Crippen LogP contribution < -0.4 is 20.4 Å². The summed E-state index contributed by atoms with van der Waals surface area (Å²) in [5.41, 5.74) is 10.1.